The van der Waals surface area contributed by atoms with Crippen molar-refractivity contribution in [3.8, 4) is 0 Å². The molecule has 1 unspecified atom stereocenters. The predicted molar refractivity (Wildman–Crippen MR) is 51.2 cm³/mol. The Kier molecular flexibility index (Phi) is 2.18. The molecular weight excluding hydrogens is 198 g/mol. The van der Waals surface area contributed by atoms with Gasteiger partial charge in [-0.2, -0.15) is 0 Å². The molecule has 0 aromatic carbocycles. The summed E-state index contributed by atoms with van der Waals surface area (Å²) < 4.78 is 1.38. The zero-order valence-corrected chi connectivity index (χ0v) is 8.24. The lowest BCUT2D eigenvalue weighted by molar-refractivity contribution is -0.135. The summed E-state index contributed by atoms with van der Waals surface area (Å²) in [6.07, 6.45) is 2.20. The molecule has 0 spiro atoms. The van der Waals surface area contributed by atoms with Crippen LogP contribution in [0.15, 0.2) is 11.0 Å². The van der Waals surface area contributed by atoms with Crippen molar-refractivity contribution in [1.29, 1.82) is 0 Å². The standard InChI is InChI=1S/C9H11N3O3/c1-5-4-10-9(15)12(5)6-2-3-7(13)11-8(6)14/h4,6H,2-3H2,1H3,(H,10,15)(H,11,13,14). The number of nitrogens with one attached hydrogen (secondary N) is 2. The fraction of sp³-hybridized carbons (Fsp3) is 0.444. The number of amides is 2. The van der Waals surface area contributed by atoms with Crippen molar-refractivity contribution in [2.45, 2.75) is 25.8 Å². The number of aromatic nitrogens is 2. The second kappa shape index (κ2) is 3.38. The SMILES string of the molecule is Cc1c[nH]c(=O)n1C1CCC(=O)NC1=O. The first-order valence-corrected chi connectivity index (χ1v) is 4.70. The van der Waals surface area contributed by atoms with Gasteiger partial charge in [0.15, 0.2) is 0 Å². The van der Waals surface area contributed by atoms with Gasteiger partial charge in [0.2, 0.25) is 11.8 Å². The van der Waals surface area contributed by atoms with Gasteiger partial charge in [0.25, 0.3) is 0 Å². The number of aromatic amines is 1. The zero-order valence-electron chi connectivity index (χ0n) is 8.24. The molecule has 0 saturated carbocycles. The summed E-state index contributed by atoms with van der Waals surface area (Å²) in [5, 5.41) is 2.22. The third-order valence-electron chi connectivity index (χ3n) is 2.53. The highest BCUT2D eigenvalue weighted by molar-refractivity contribution is 5.99. The number of aryl methyl sites for hydroxylation is 1. The molecule has 1 fully saturated rings. The van der Waals surface area contributed by atoms with Crippen LogP contribution in [0.3, 0.4) is 0 Å². The monoisotopic (exact) mass is 209 g/mol. The summed E-state index contributed by atoms with van der Waals surface area (Å²) in [6.45, 7) is 1.74. The predicted octanol–water partition coefficient (Wildman–Crippen LogP) is -0.537. The molecule has 0 radical (unpaired) electrons. The van der Waals surface area contributed by atoms with E-state index in [-0.39, 0.29) is 18.0 Å². The molecule has 6 nitrogen and oxygen atoms in total. The Morgan fingerprint density at radius 3 is 2.67 bits per heavy atom. The molecule has 2 N–H and O–H groups in total. The number of piperidine rings is 1. The first-order chi connectivity index (χ1) is 7.09. The molecule has 1 aromatic rings. The van der Waals surface area contributed by atoms with E-state index >= 15 is 0 Å². The third kappa shape index (κ3) is 1.58. The Morgan fingerprint density at radius 2 is 2.13 bits per heavy atom. The molecule has 1 aromatic heterocycles. The summed E-state index contributed by atoms with van der Waals surface area (Å²) in [5.74, 6) is -0.687. The van der Waals surface area contributed by atoms with Crippen LogP contribution in [-0.2, 0) is 9.59 Å². The summed E-state index contributed by atoms with van der Waals surface area (Å²) in [6, 6.07) is -0.568. The Balaban J connectivity index is 2.36. The summed E-state index contributed by atoms with van der Waals surface area (Å²) in [7, 11) is 0. The lowest BCUT2D eigenvalue weighted by Gasteiger charge is -2.22. The fourth-order valence-electron chi connectivity index (χ4n) is 1.78. The molecule has 0 aliphatic carbocycles. The van der Waals surface area contributed by atoms with Gasteiger partial charge in [-0.05, 0) is 13.3 Å². The van der Waals surface area contributed by atoms with E-state index < -0.39 is 11.9 Å². The minimum Gasteiger partial charge on any atom is -0.312 e. The minimum absolute atomic E-state index is 0.271. The van der Waals surface area contributed by atoms with Crippen LogP contribution in [0.4, 0.5) is 0 Å². The van der Waals surface area contributed by atoms with Crippen molar-refractivity contribution < 1.29 is 9.59 Å². The van der Waals surface area contributed by atoms with Crippen molar-refractivity contribution >= 4 is 11.8 Å². The Labute approximate surface area is 85.3 Å². The van der Waals surface area contributed by atoms with E-state index in [1.165, 1.54) is 4.57 Å². The highest BCUT2D eigenvalue weighted by atomic mass is 16.2. The van der Waals surface area contributed by atoms with Gasteiger partial charge < -0.3 is 4.98 Å². The van der Waals surface area contributed by atoms with Crippen LogP contribution < -0.4 is 11.0 Å². The van der Waals surface area contributed by atoms with Gasteiger partial charge in [0.1, 0.15) is 6.04 Å². The van der Waals surface area contributed by atoms with Crippen LogP contribution in [-0.4, -0.2) is 21.4 Å². The van der Waals surface area contributed by atoms with Crippen molar-refractivity contribution in [2.75, 3.05) is 0 Å². The molecule has 15 heavy (non-hydrogen) atoms. The third-order valence-corrected chi connectivity index (χ3v) is 2.53. The van der Waals surface area contributed by atoms with E-state index in [1.54, 1.807) is 13.1 Å². The average molecular weight is 209 g/mol. The van der Waals surface area contributed by atoms with Gasteiger partial charge in [-0.15, -0.1) is 0 Å². The lowest BCUT2D eigenvalue weighted by atomic mass is 10.1. The van der Waals surface area contributed by atoms with E-state index in [4.69, 9.17) is 0 Å². The Morgan fingerprint density at radius 1 is 1.40 bits per heavy atom. The first kappa shape index (κ1) is 9.70. The zero-order chi connectivity index (χ0) is 11.0. The molecule has 0 bridgehead atoms. The van der Waals surface area contributed by atoms with Crippen LogP contribution in [0.5, 0.6) is 0 Å². The number of imide groups is 1. The largest absolute Gasteiger partial charge is 0.326 e. The molecule has 2 heterocycles. The van der Waals surface area contributed by atoms with Crippen LogP contribution >= 0.6 is 0 Å². The maximum absolute atomic E-state index is 11.5. The van der Waals surface area contributed by atoms with Crippen LogP contribution in [0.2, 0.25) is 0 Å². The van der Waals surface area contributed by atoms with Crippen LogP contribution in [0.25, 0.3) is 0 Å². The lowest BCUT2D eigenvalue weighted by Crippen LogP contribution is -2.44. The quantitative estimate of drug-likeness (QED) is 0.609. The van der Waals surface area contributed by atoms with Crippen molar-refractivity contribution in [2.24, 2.45) is 0 Å². The number of carbonyl (C=O) groups excluding carboxylic acids is 2. The second-order valence-electron chi connectivity index (χ2n) is 3.57. The Bertz CT molecular complexity index is 471. The van der Waals surface area contributed by atoms with Gasteiger partial charge in [-0.25, -0.2) is 4.79 Å². The van der Waals surface area contributed by atoms with E-state index in [0.717, 1.165) is 0 Å². The van der Waals surface area contributed by atoms with Crippen molar-refractivity contribution in [3.05, 3.63) is 22.4 Å². The minimum atomic E-state index is -0.568. The van der Waals surface area contributed by atoms with E-state index in [1.807, 2.05) is 0 Å². The molecule has 1 aliphatic heterocycles. The molecule has 1 aliphatic rings. The topological polar surface area (TPSA) is 84.0 Å². The molecule has 6 heteroatoms. The highest BCUT2D eigenvalue weighted by Crippen LogP contribution is 2.17. The van der Waals surface area contributed by atoms with Crippen molar-refractivity contribution in [3.63, 3.8) is 0 Å². The number of nitrogens with zero attached hydrogens (tertiary/aromatic N) is 1. The van der Waals surface area contributed by atoms with Gasteiger partial charge >= 0.3 is 5.69 Å². The highest BCUT2D eigenvalue weighted by Gasteiger charge is 2.29. The van der Waals surface area contributed by atoms with Crippen LogP contribution in [0.1, 0.15) is 24.6 Å². The number of carbonyl (C=O) groups is 2. The normalized spacial score (nSPS) is 21.5. The van der Waals surface area contributed by atoms with Gasteiger partial charge in [0, 0.05) is 18.3 Å². The van der Waals surface area contributed by atoms with Crippen molar-refractivity contribution in [1.82, 2.24) is 14.9 Å². The average Bonchev–Trinajstić information content (AvgIpc) is 2.48. The second-order valence-corrected chi connectivity index (χ2v) is 3.57. The molecular formula is C9H11N3O3. The van der Waals surface area contributed by atoms with Crippen LogP contribution in [0, 0.1) is 6.92 Å². The number of hydrogen-bond acceptors (Lipinski definition) is 3. The number of hydrogen-bond donors (Lipinski definition) is 2. The van der Waals surface area contributed by atoms with Gasteiger partial charge in [-0.3, -0.25) is 19.5 Å². The van der Waals surface area contributed by atoms with Gasteiger partial charge in [-0.1, -0.05) is 0 Å². The van der Waals surface area contributed by atoms with Gasteiger partial charge in [0.05, 0.1) is 0 Å². The number of rotatable bonds is 1. The smallest absolute Gasteiger partial charge is 0.312 e. The van der Waals surface area contributed by atoms with E-state index in [2.05, 4.69) is 10.3 Å². The summed E-state index contributed by atoms with van der Waals surface area (Å²) >= 11 is 0. The molecule has 80 valence electrons. The van der Waals surface area contributed by atoms with E-state index in [0.29, 0.717) is 12.1 Å². The molecule has 2 rings (SSSR count). The number of imidazole rings is 1. The molecule has 2 amide bonds. The first-order valence-electron chi connectivity index (χ1n) is 4.70. The summed E-state index contributed by atoms with van der Waals surface area (Å²) in [4.78, 5) is 36.4. The Hall–Kier alpha value is -1.85. The maximum Gasteiger partial charge on any atom is 0.326 e. The summed E-state index contributed by atoms with van der Waals surface area (Å²) in [5.41, 5.74) is 0.372. The fourth-order valence-corrected chi connectivity index (χ4v) is 1.78. The molecule has 1 atom stereocenters. The number of H-pyrrole nitrogens is 1. The maximum atomic E-state index is 11.5. The molecule has 1 saturated heterocycles. The van der Waals surface area contributed by atoms with E-state index in [9.17, 15) is 14.4 Å².